The Morgan fingerprint density at radius 1 is 1.14 bits per heavy atom. The van der Waals surface area contributed by atoms with Crippen molar-refractivity contribution in [2.75, 3.05) is 13.1 Å². The summed E-state index contributed by atoms with van der Waals surface area (Å²) in [6.45, 7) is 8.22. The third-order valence-corrected chi connectivity index (χ3v) is 5.77. The van der Waals surface area contributed by atoms with Gasteiger partial charge in [0.25, 0.3) is 0 Å². The van der Waals surface area contributed by atoms with Gasteiger partial charge >= 0.3 is 0 Å². The molecule has 2 aliphatic carbocycles. The maximum Gasteiger partial charge on any atom is 0.225 e. The first-order valence-electron chi connectivity index (χ1n) is 8.77. The summed E-state index contributed by atoms with van der Waals surface area (Å²) in [5.74, 6) is 2.96. The van der Waals surface area contributed by atoms with Crippen LogP contribution in [0.2, 0.25) is 0 Å². The molecule has 2 bridgehead atoms. The van der Waals surface area contributed by atoms with Crippen LogP contribution in [-0.4, -0.2) is 36.0 Å². The molecule has 0 aromatic heterocycles. The molecule has 3 nitrogen and oxygen atoms in total. The smallest absolute Gasteiger partial charge is 0.225 e. The summed E-state index contributed by atoms with van der Waals surface area (Å²) in [7, 11) is 0. The van der Waals surface area contributed by atoms with Crippen molar-refractivity contribution >= 4 is 5.91 Å². The molecule has 0 aromatic rings. The zero-order valence-electron chi connectivity index (χ0n) is 13.7. The molecule has 4 unspecified atom stereocenters. The first-order valence-corrected chi connectivity index (χ1v) is 8.77. The molecule has 1 saturated heterocycles. The second-order valence-corrected chi connectivity index (χ2v) is 7.65. The molecule has 3 rings (SSSR count). The lowest BCUT2D eigenvalue weighted by molar-refractivity contribution is -0.135. The molecule has 3 aliphatic rings. The molecule has 21 heavy (non-hydrogen) atoms. The fourth-order valence-electron chi connectivity index (χ4n) is 4.53. The van der Waals surface area contributed by atoms with Gasteiger partial charge in [-0.1, -0.05) is 26.0 Å². The van der Waals surface area contributed by atoms with Crippen LogP contribution >= 0.6 is 0 Å². The number of fused-ring (bicyclic) bond motifs is 2. The zero-order chi connectivity index (χ0) is 15.0. The lowest BCUT2D eigenvalue weighted by atomic mass is 9.86. The second-order valence-electron chi connectivity index (χ2n) is 7.65. The first-order chi connectivity index (χ1) is 10.0. The number of nitrogens with one attached hydrogen (secondary N) is 1. The Morgan fingerprint density at radius 3 is 2.38 bits per heavy atom. The summed E-state index contributed by atoms with van der Waals surface area (Å²) in [5, 5.41) is 3.86. The SMILES string of the molecule is CC(C)C(=O)N1CCC(NC(C)C2CC3C=CC2C3)CC1. The third kappa shape index (κ3) is 3.18. The van der Waals surface area contributed by atoms with Crippen LogP contribution in [0.1, 0.15) is 46.5 Å². The molecule has 1 aliphatic heterocycles. The number of piperidine rings is 1. The van der Waals surface area contributed by atoms with Crippen LogP contribution in [0.15, 0.2) is 12.2 Å². The van der Waals surface area contributed by atoms with Crippen LogP contribution in [-0.2, 0) is 4.79 Å². The Balaban J connectivity index is 1.45. The van der Waals surface area contributed by atoms with Crippen LogP contribution in [0.3, 0.4) is 0 Å². The molecule has 4 atom stereocenters. The minimum atomic E-state index is 0.134. The summed E-state index contributed by atoms with van der Waals surface area (Å²) < 4.78 is 0. The molecule has 0 aromatic carbocycles. The number of hydrogen-bond acceptors (Lipinski definition) is 2. The minimum absolute atomic E-state index is 0.134. The fourth-order valence-corrected chi connectivity index (χ4v) is 4.53. The number of carbonyl (C=O) groups excluding carboxylic acids is 1. The normalized spacial score (nSPS) is 33.9. The van der Waals surface area contributed by atoms with Gasteiger partial charge in [-0.25, -0.2) is 0 Å². The van der Waals surface area contributed by atoms with E-state index >= 15 is 0 Å². The number of nitrogens with zero attached hydrogens (tertiary/aromatic N) is 1. The van der Waals surface area contributed by atoms with Crippen LogP contribution in [0, 0.1) is 23.7 Å². The second kappa shape index (κ2) is 6.12. The lowest BCUT2D eigenvalue weighted by Crippen LogP contribution is -2.49. The average molecular weight is 290 g/mol. The van der Waals surface area contributed by atoms with Gasteiger partial charge in [-0.05, 0) is 50.4 Å². The van der Waals surface area contributed by atoms with E-state index in [0.717, 1.165) is 43.7 Å². The van der Waals surface area contributed by atoms with E-state index in [1.54, 1.807) is 0 Å². The molecule has 1 N–H and O–H groups in total. The predicted molar refractivity (Wildman–Crippen MR) is 85.9 cm³/mol. The highest BCUT2D eigenvalue weighted by molar-refractivity contribution is 5.78. The Kier molecular flexibility index (Phi) is 4.39. The number of allylic oxidation sites excluding steroid dienone is 2. The summed E-state index contributed by atoms with van der Waals surface area (Å²) in [4.78, 5) is 14.1. The van der Waals surface area contributed by atoms with Gasteiger partial charge in [-0.3, -0.25) is 4.79 Å². The minimum Gasteiger partial charge on any atom is -0.342 e. The third-order valence-electron chi connectivity index (χ3n) is 5.77. The van der Waals surface area contributed by atoms with E-state index < -0.39 is 0 Å². The van der Waals surface area contributed by atoms with E-state index in [2.05, 4.69) is 24.4 Å². The van der Waals surface area contributed by atoms with E-state index in [9.17, 15) is 4.79 Å². The van der Waals surface area contributed by atoms with E-state index in [1.165, 1.54) is 12.8 Å². The standard InChI is InChI=1S/C18H30N2O/c1-12(2)18(21)20-8-6-16(7-9-20)19-13(3)17-11-14-4-5-15(17)10-14/h4-5,12-17,19H,6-11H2,1-3H3. The molecule has 1 heterocycles. The van der Waals surface area contributed by atoms with Crippen LogP contribution in [0.4, 0.5) is 0 Å². The van der Waals surface area contributed by atoms with Crippen molar-refractivity contribution < 1.29 is 4.79 Å². The quantitative estimate of drug-likeness (QED) is 0.808. The number of rotatable bonds is 4. The molecule has 2 fully saturated rings. The van der Waals surface area contributed by atoms with Crippen molar-refractivity contribution in [3.05, 3.63) is 12.2 Å². The summed E-state index contributed by atoms with van der Waals surface area (Å²) in [5.41, 5.74) is 0. The Labute approximate surface area is 129 Å². The van der Waals surface area contributed by atoms with Gasteiger partial charge in [0.05, 0.1) is 0 Å². The van der Waals surface area contributed by atoms with Gasteiger partial charge in [-0.15, -0.1) is 0 Å². The maximum atomic E-state index is 12.0. The van der Waals surface area contributed by atoms with E-state index in [1.807, 2.05) is 18.7 Å². The molecule has 118 valence electrons. The van der Waals surface area contributed by atoms with Crippen molar-refractivity contribution in [3.8, 4) is 0 Å². The van der Waals surface area contributed by atoms with Crippen molar-refractivity contribution in [1.82, 2.24) is 10.2 Å². The van der Waals surface area contributed by atoms with Gasteiger partial charge in [0.15, 0.2) is 0 Å². The Bertz CT molecular complexity index is 409. The lowest BCUT2D eigenvalue weighted by Gasteiger charge is -2.36. The van der Waals surface area contributed by atoms with Crippen molar-refractivity contribution in [1.29, 1.82) is 0 Å². The van der Waals surface area contributed by atoms with E-state index in [4.69, 9.17) is 0 Å². The average Bonchev–Trinajstić information content (AvgIpc) is 3.10. The van der Waals surface area contributed by atoms with Crippen molar-refractivity contribution in [2.45, 2.75) is 58.5 Å². The maximum absolute atomic E-state index is 12.0. The molecular formula is C18H30N2O. The first kappa shape index (κ1) is 15.1. The number of hydrogen-bond donors (Lipinski definition) is 1. The fraction of sp³-hybridized carbons (Fsp3) is 0.833. The monoisotopic (exact) mass is 290 g/mol. The van der Waals surface area contributed by atoms with Crippen LogP contribution < -0.4 is 5.32 Å². The predicted octanol–water partition coefficient (Wildman–Crippen LogP) is 2.82. The number of likely N-dealkylation sites (tertiary alicyclic amines) is 1. The number of carbonyl (C=O) groups is 1. The Hall–Kier alpha value is -0.830. The van der Waals surface area contributed by atoms with E-state index in [0.29, 0.717) is 18.0 Å². The van der Waals surface area contributed by atoms with Crippen molar-refractivity contribution in [3.63, 3.8) is 0 Å². The molecule has 0 spiro atoms. The molecule has 3 heteroatoms. The van der Waals surface area contributed by atoms with Gasteiger partial charge < -0.3 is 10.2 Å². The Morgan fingerprint density at radius 2 is 1.86 bits per heavy atom. The highest BCUT2D eigenvalue weighted by atomic mass is 16.2. The van der Waals surface area contributed by atoms with Crippen molar-refractivity contribution in [2.24, 2.45) is 23.7 Å². The van der Waals surface area contributed by atoms with Crippen LogP contribution in [0.25, 0.3) is 0 Å². The topological polar surface area (TPSA) is 32.3 Å². The molecule has 1 amide bonds. The molecule has 0 radical (unpaired) electrons. The van der Waals surface area contributed by atoms with Gasteiger partial charge in [-0.2, -0.15) is 0 Å². The highest BCUT2D eigenvalue weighted by Crippen LogP contribution is 2.45. The largest absolute Gasteiger partial charge is 0.342 e. The number of amides is 1. The zero-order valence-corrected chi connectivity index (χ0v) is 13.7. The van der Waals surface area contributed by atoms with Gasteiger partial charge in [0.2, 0.25) is 5.91 Å². The van der Waals surface area contributed by atoms with E-state index in [-0.39, 0.29) is 5.92 Å². The highest BCUT2D eigenvalue weighted by Gasteiger charge is 2.39. The van der Waals surface area contributed by atoms with Gasteiger partial charge in [0, 0.05) is 31.1 Å². The molecule has 1 saturated carbocycles. The summed E-state index contributed by atoms with van der Waals surface area (Å²) >= 11 is 0. The van der Waals surface area contributed by atoms with Crippen LogP contribution in [0.5, 0.6) is 0 Å². The molecular weight excluding hydrogens is 260 g/mol. The van der Waals surface area contributed by atoms with Gasteiger partial charge in [0.1, 0.15) is 0 Å². The summed E-state index contributed by atoms with van der Waals surface area (Å²) in [6.07, 6.45) is 9.85. The summed E-state index contributed by atoms with van der Waals surface area (Å²) in [6, 6.07) is 1.21.